The molecular formula is C16H17ClN2. The van der Waals surface area contributed by atoms with Crippen molar-refractivity contribution in [2.24, 2.45) is 0 Å². The molecule has 0 saturated heterocycles. The molecule has 2 aromatic rings. The quantitative estimate of drug-likeness (QED) is 0.804. The molecule has 0 amide bonds. The normalized spacial score (nSPS) is 15.3. The Morgan fingerprint density at radius 2 is 2.00 bits per heavy atom. The molecule has 0 radical (unpaired) electrons. The number of rotatable bonds is 1. The van der Waals surface area contributed by atoms with Crippen molar-refractivity contribution in [3.63, 3.8) is 0 Å². The van der Waals surface area contributed by atoms with E-state index in [1.54, 1.807) is 0 Å². The fourth-order valence-electron chi connectivity index (χ4n) is 2.77. The van der Waals surface area contributed by atoms with E-state index < -0.39 is 0 Å². The Morgan fingerprint density at radius 3 is 2.79 bits per heavy atom. The van der Waals surface area contributed by atoms with Gasteiger partial charge in [0.1, 0.15) is 0 Å². The number of fused-ring (bicyclic) bond motifs is 1. The Hall–Kier alpha value is -1.51. The van der Waals surface area contributed by atoms with Gasteiger partial charge in [0.15, 0.2) is 0 Å². The smallest absolute Gasteiger partial charge is 0.0412 e. The topological polar surface area (TPSA) is 29.3 Å². The van der Waals surface area contributed by atoms with Gasteiger partial charge in [-0.15, -0.1) is 0 Å². The zero-order valence-corrected chi connectivity index (χ0v) is 11.7. The van der Waals surface area contributed by atoms with Crippen LogP contribution in [0.4, 0.5) is 5.69 Å². The van der Waals surface area contributed by atoms with Crippen molar-refractivity contribution in [3.8, 4) is 11.1 Å². The van der Waals surface area contributed by atoms with Crippen LogP contribution in [0.5, 0.6) is 0 Å². The van der Waals surface area contributed by atoms with Crippen LogP contribution in [0.1, 0.15) is 11.1 Å². The molecule has 0 fully saturated rings. The number of nitrogens with zero attached hydrogens (tertiary/aromatic N) is 1. The summed E-state index contributed by atoms with van der Waals surface area (Å²) >= 11 is 6.10. The number of hydrogen-bond acceptors (Lipinski definition) is 2. The molecule has 1 heterocycles. The van der Waals surface area contributed by atoms with E-state index >= 15 is 0 Å². The summed E-state index contributed by atoms with van der Waals surface area (Å²) in [5, 5.41) is 0.771. The van der Waals surface area contributed by atoms with Gasteiger partial charge in [0.25, 0.3) is 0 Å². The molecule has 0 aliphatic carbocycles. The maximum absolute atomic E-state index is 6.12. The lowest BCUT2D eigenvalue weighted by Crippen LogP contribution is -2.27. The predicted octanol–water partition coefficient (Wildman–Crippen LogP) is 3.58. The van der Waals surface area contributed by atoms with Gasteiger partial charge >= 0.3 is 0 Å². The summed E-state index contributed by atoms with van der Waals surface area (Å²) < 4.78 is 0. The van der Waals surface area contributed by atoms with Crippen LogP contribution in [0, 0.1) is 0 Å². The third-order valence-corrected chi connectivity index (χ3v) is 4.01. The lowest BCUT2D eigenvalue weighted by Gasteiger charge is -2.28. The molecule has 3 heteroatoms. The molecule has 2 aromatic carbocycles. The van der Waals surface area contributed by atoms with Crippen LogP contribution in [0.2, 0.25) is 5.02 Å². The zero-order chi connectivity index (χ0) is 13.4. The second-order valence-electron chi connectivity index (χ2n) is 5.16. The van der Waals surface area contributed by atoms with E-state index in [1.807, 2.05) is 24.3 Å². The average molecular weight is 273 g/mol. The number of nitrogen functional groups attached to an aromatic ring is 1. The van der Waals surface area contributed by atoms with Gasteiger partial charge in [0.2, 0.25) is 0 Å². The average Bonchev–Trinajstić information content (AvgIpc) is 2.39. The molecule has 0 saturated carbocycles. The van der Waals surface area contributed by atoms with Gasteiger partial charge in [-0.3, -0.25) is 0 Å². The van der Waals surface area contributed by atoms with Gasteiger partial charge in [-0.1, -0.05) is 29.8 Å². The molecule has 0 atom stereocenters. The second-order valence-corrected chi connectivity index (χ2v) is 5.59. The van der Waals surface area contributed by atoms with Crippen molar-refractivity contribution in [3.05, 3.63) is 52.5 Å². The summed E-state index contributed by atoms with van der Waals surface area (Å²) in [4.78, 5) is 2.33. The minimum absolute atomic E-state index is 0.771. The molecule has 98 valence electrons. The fourth-order valence-corrected chi connectivity index (χ4v) is 2.96. The first-order chi connectivity index (χ1) is 9.15. The highest BCUT2D eigenvalue weighted by Crippen LogP contribution is 2.34. The van der Waals surface area contributed by atoms with Crippen LogP contribution in [0.3, 0.4) is 0 Å². The van der Waals surface area contributed by atoms with Crippen LogP contribution in [-0.2, 0) is 13.0 Å². The Kier molecular flexibility index (Phi) is 3.21. The third-order valence-electron chi connectivity index (χ3n) is 3.77. The third kappa shape index (κ3) is 2.34. The van der Waals surface area contributed by atoms with E-state index in [2.05, 4.69) is 24.1 Å². The van der Waals surface area contributed by atoms with Crippen molar-refractivity contribution in [2.45, 2.75) is 13.0 Å². The first-order valence-electron chi connectivity index (χ1n) is 6.50. The Balaban J connectivity index is 2.17. The number of benzene rings is 2. The van der Waals surface area contributed by atoms with Crippen molar-refractivity contribution < 1.29 is 0 Å². The van der Waals surface area contributed by atoms with Gasteiger partial charge < -0.3 is 10.6 Å². The molecule has 1 aliphatic rings. The Bertz CT molecular complexity index is 622. The minimum Gasteiger partial charge on any atom is -0.398 e. The van der Waals surface area contributed by atoms with Crippen LogP contribution < -0.4 is 5.73 Å². The molecule has 2 N–H and O–H groups in total. The predicted molar refractivity (Wildman–Crippen MR) is 81.3 cm³/mol. The number of nitrogens with two attached hydrogens (primary N) is 1. The van der Waals surface area contributed by atoms with E-state index in [0.717, 1.165) is 30.2 Å². The van der Waals surface area contributed by atoms with Crippen LogP contribution in [-0.4, -0.2) is 18.5 Å². The largest absolute Gasteiger partial charge is 0.398 e. The van der Waals surface area contributed by atoms with Gasteiger partial charge in [-0.2, -0.15) is 0 Å². The molecule has 0 spiro atoms. The zero-order valence-electron chi connectivity index (χ0n) is 11.0. The van der Waals surface area contributed by atoms with Crippen molar-refractivity contribution in [1.82, 2.24) is 4.90 Å². The summed E-state index contributed by atoms with van der Waals surface area (Å²) in [5.41, 5.74) is 12.1. The van der Waals surface area contributed by atoms with E-state index in [1.165, 1.54) is 22.3 Å². The van der Waals surface area contributed by atoms with Gasteiger partial charge in [-0.25, -0.2) is 0 Å². The number of anilines is 1. The highest BCUT2D eigenvalue weighted by molar-refractivity contribution is 6.30. The summed E-state index contributed by atoms with van der Waals surface area (Å²) in [7, 11) is 2.15. The minimum atomic E-state index is 0.771. The summed E-state index contributed by atoms with van der Waals surface area (Å²) in [6.07, 6.45) is 1.02. The van der Waals surface area contributed by atoms with E-state index in [9.17, 15) is 0 Å². The maximum Gasteiger partial charge on any atom is 0.0412 e. The van der Waals surface area contributed by atoms with Crippen LogP contribution in [0.25, 0.3) is 11.1 Å². The summed E-state index contributed by atoms with van der Waals surface area (Å²) in [5.74, 6) is 0. The molecule has 19 heavy (non-hydrogen) atoms. The van der Waals surface area contributed by atoms with Crippen molar-refractivity contribution >= 4 is 17.3 Å². The number of halogens is 1. The standard InChI is InChI=1S/C16H17ClN2/c1-19-8-7-14-15(10-19)13(5-6-16(14)18)11-3-2-4-12(17)9-11/h2-6,9H,7-8,10,18H2,1H3. The van der Waals surface area contributed by atoms with E-state index in [4.69, 9.17) is 17.3 Å². The lowest BCUT2D eigenvalue weighted by molar-refractivity contribution is 0.314. The van der Waals surface area contributed by atoms with Gasteiger partial charge in [0.05, 0.1) is 0 Å². The van der Waals surface area contributed by atoms with Gasteiger partial charge in [-0.05, 0) is 53.9 Å². The molecule has 0 bridgehead atoms. The number of likely N-dealkylation sites (N-methyl/N-ethyl adjacent to an activating group) is 1. The molecule has 2 nitrogen and oxygen atoms in total. The molecule has 0 unspecified atom stereocenters. The Morgan fingerprint density at radius 1 is 1.16 bits per heavy atom. The summed E-state index contributed by atoms with van der Waals surface area (Å²) in [6, 6.07) is 12.1. The maximum atomic E-state index is 6.12. The highest BCUT2D eigenvalue weighted by atomic mass is 35.5. The van der Waals surface area contributed by atoms with Gasteiger partial charge in [0, 0.05) is 23.8 Å². The molecule has 0 aromatic heterocycles. The van der Waals surface area contributed by atoms with E-state index in [0.29, 0.717) is 0 Å². The number of hydrogen-bond donors (Lipinski definition) is 1. The Labute approximate surface area is 118 Å². The lowest BCUT2D eigenvalue weighted by atomic mass is 9.90. The van der Waals surface area contributed by atoms with Crippen molar-refractivity contribution in [2.75, 3.05) is 19.3 Å². The second kappa shape index (κ2) is 4.87. The van der Waals surface area contributed by atoms with Crippen LogP contribution >= 0.6 is 11.6 Å². The summed E-state index contributed by atoms with van der Waals surface area (Å²) in [6.45, 7) is 2.01. The van der Waals surface area contributed by atoms with Crippen molar-refractivity contribution in [1.29, 1.82) is 0 Å². The fraction of sp³-hybridized carbons (Fsp3) is 0.250. The van der Waals surface area contributed by atoms with Crippen LogP contribution in [0.15, 0.2) is 36.4 Å². The monoisotopic (exact) mass is 272 g/mol. The SMILES string of the molecule is CN1CCc2c(N)ccc(-c3cccc(Cl)c3)c2C1. The molecule has 1 aliphatic heterocycles. The molecule has 3 rings (SSSR count). The first kappa shape index (κ1) is 12.5. The molecular weight excluding hydrogens is 256 g/mol. The first-order valence-corrected chi connectivity index (χ1v) is 6.87. The highest BCUT2D eigenvalue weighted by Gasteiger charge is 2.19. The van der Waals surface area contributed by atoms with E-state index in [-0.39, 0.29) is 0 Å².